The second-order valence-corrected chi connectivity index (χ2v) is 17.5. The Morgan fingerprint density at radius 1 is 0.661 bits per heavy atom. The number of amides is 1. The highest BCUT2D eigenvalue weighted by molar-refractivity contribution is 7.89. The Kier molecular flexibility index (Phi) is 16.4. The molecule has 0 radical (unpaired) electrons. The summed E-state index contributed by atoms with van der Waals surface area (Å²) in [7, 11) is -7.76. The zero-order valence-electron chi connectivity index (χ0n) is 31.5. The molecule has 0 saturated carbocycles. The lowest BCUT2D eigenvalue weighted by atomic mass is 10.1. The van der Waals surface area contributed by atoms with Crippen molar-refractivity contribution >= 4 is 66.0 Å². The Labute approximate surface area is 348 Å². The van der Waals surface area contributed by atoms with Crippen LogP contribution in [0.1, 0.15) is 62.9 Å². The summed E-state index contributed by atoms with van der Waals surface area (Å²) in [5, 5.41) is 2.41. The first-order valence-electron chi connectivity index (χ1n) is 18.1. The van der Waals surface area contributed by atoms with Crippen molar-refractivity contribution in [1.29, 1.82) is 0 Å². The minimum absolute atomic E-state index is 0. The van der Waals surface area contributed by atoms with E-state index < -0.39 is 43.6 Å². The van der Waals surface area contributed by atoms with Crippen LogP contribution in [0.2, 0.25) is 0 Å². The predicted molar refractivity (Wildman–Crippen MR) is 220 cm³/mol. The number of halogens is 3. The van der Waals surface area contributed by atoms with Crippen molar-refractivity contribution in [1.82, 2.24) is 8.61 Å². The maximum absolute atomic E-state index is 14.3. The number of anilines is 1. The Morgan fingerprint density at radius 3 is 1.51 bits per heavy atom. The van der Waals surface area contributed by atoms with Crippen molar-refractivity contribution in [3.05, 3.63) is 120 Å². The summed E-state index contributed by atoms with van der Waals surface area (Å²) in [6.45, 7) is 3.39. The van der Waals surface area contributed by atoms with Crippen LogP contribution in [0.25, 0.3) is 0 Å². The molecule has 4 aromatic rings. The van der Waals surface area contributed by atoms with Crippen LogP contribution in [-0.2, 0) is 39.1 Å². The molecule has 2 saturated heterocycles. The van der Waals surface area contributed by atoms with E-state index in [1.54, 1.807) is 54.6 Å². The molecular weight excluding hydrogens is 830 g/mol. The van der Waals surface area contributed by atoms with Crippen LogP contribution in [-0.4, -0.2) is 86.8 Å². The van der Waals surface area contributed by atoms with Gasteiger partial charge < -0.3 is 14.8 Å². The Hall–Kier alpha value is -5.07. The fourth-order valence-electron chi connectivity index (χ4n) is 6.21. The van der Waals surface area contributed by atoms with E-state index in [2.05, 4.69) is 10.3 Å². The van der Waals surface area contributed by atoms with Gasteiger partial charge in [0.15, 0.2) is 0 Å². The third-order valence-electron chi connectivity index (χ3n) is 9.10. The molecule has 0 atom stereocenters. The van der Waals surface area contributed by atoms with Gasteiger partial charge in [0.1, 0.15) is 29.0 Å². The van der Waals surface area contributed by atoms with E-state index in [1.165, 1.54) is 34.6 Å². The number of para-hydroxylation sites is 2. The maximum atomic E-state index is 14.3. The number of sulfonamides is 2. The minimum Gasteiger partial charge on any atom is -0.462 e. The second kappa shape index (κ2) is 20.8. The molecule has 4 aromatic carbocycles. The van der Waals surface area contributed by atoms with Gasteiger partial charge in [-0.1, -0.05) is 55.4 Å². The zero-order valence-corrected chi connectivity index (χ0v) is 33.9. The molecule has 0 spiro atoms. The molecule has 2 aliphatic rings. The predicted octanol–water partition coefficient (Wildman–Crippen LogP) is 7.29. The van der Waals surface area contributed by atoms with Crippen molar-refractivity contribution < 1.29 is 49.5 Å². The summed E-state index contributed by atoms with van der Waals surface area (Å²) in [6, 6.07) is 23.8. The summed E-state index contributed by atoms with van der Waals surface area (Å²) in [5.74, 6) is -3.01. The zero-order chi connectivity index (χ0) is 42.0. The van der Waals surface area contributed by atoms with Crippen molar-refractivity contribution in [2.45, 2.75) is 69.0 Å². The van der Waals surface area contributed by atoms with Gasteiger partial charge in [-0.2, -0.15) is 8.61 Å². The van der Waals surface area contributed by atoms with Crippen LogP contribution >= 0.6 is 11.6 Å². The van der Waals surface area contributed by atoms with E-state index in [-0.39, 0.29) is 77.9 Å². The van der Waals surface area contributed by atoms with Crippen molar-refractivity contribution in [2.24, 2.45) is 4.99 Å². The standard InChI is InChI=1S/C20H20ClFN2O4S.C20H21FN2O5S.CH4/c1-14(25)28-16-9-11-24(12-10-16)29(26,27)17-7-8-19(22)18(13-17)20(21)23-15-5-3-2-4-6-15;1-14(24)28-16-9-11-23(12-10-16)29(26,27)17-7-8-19(21)18(13-17)20(25)22-15-5-3-2-4-6-15;/h2-8,13,16H,9-12H2,1H3;2-8,13,16H,9-12H2,1H3,(H,22,25);1H4. The van der Waals surface area contributed by atoms with Gasteiger partial charge in [0.05, 0.1) is 21.0 Å². The van der Waals surface area contributed by atoms with Crippen molar-refractivity contribution in [3.63, 3.8) is 0 Å². The number of carbonyl (C=O) groups excluding carboxylic acids is 3. The average Bonchev–Trinajstić information content (AvgIpc) is 3.19. The highest BCUT2D eigenvalue weighted by Gasteiger charge is 2.33. The molecule has 18 heteroatoms. The Morgan fingerprint density at radius 2 is 1.07 bits per heavy atom. The Bertz CT molecular complexity index is 2360. The average molecular weight is 875 g/mol. The fourth-order valence-corrected chi connectivity index (χ4v) is 9.44. The van der Waals surface area contributed by atoms with E-state index in [0.29, 0.717) is 37.1 Å². The van der Waals surface area contributed by atoms with E-state index in [0.717, 1.165) is 24.3 Å². The lowest BCUT2D eigenvalue weighted by molar-refractivity contribution is -0.148. The normalized spacial score (nSPS) is 15.8. The van der Waals surface area contributed by atoms with E-state index in [9.17, 15) is 40.0 Å². The van der Waals surface area contributed by atoms with Crippen LogP contribution < -0.4 is 5.32 Å². The Balaban J connectivity index is 0.000000256. The maximum Gasteiger partial charge on any atom is 0.302 e. The molecule has 1 N–H and O–H groups in total. The highest BCUT2D eigenvalue weighted by Crippen LogP contribution is 2.27. The molecule has 13 nitrogen and oxygen atoms in total. The van der Waals surface area contributed by atoms with Gasteiger partial charge >= 0.3 is 11.9 Å². The highest BCUT2D eigenvalue weighted by atomic mass is 35.5. The van der Waals surface area contributed by atoms with Crippen LogP contribution in [0.4, 0.5) is 20.2 Å². The fraction of sp³-hybridized carbons (Fsp3) is 0.317. The van der Waals surface area contributed by atoms with E-state index in [1.807, 2.05) is 6.07 Å². The number of nitrogens with zero attached hydrogens (tertiary/aromatic N) is 3. The third kappa shape index (κ3) is 12.5. The molecular formula is C41H45ClF2N4O9S2. The molecule has 1 amide bonds. The second-order valence-electron chi connectivity index (χ2n) is 13.3. The molecule has 0 aliphatic carbocycles. The van der Waals surface area contributed by atoms with E-state index in [4.69, 9.17) is 21.1 Å². The summed E-state index contributed by atoms with van der Waals surface area (Å²) >= 11 is 6.17. The SMILES string of the molecule is C.CC(=O)OC1CCN(S(=O)(=O)c2ccc(F)c(C(=O)Nc3ccccc3)c2)CC1.CC(=O)OC1CCN(S(=O)(=O)c2ccc(F)c(C(Cl)=Nc3ccccc3)c2)CC1. The summed E-state index contributed by atoms with van der Waals surface area (Å²) in [4.78, 5) is 38.5. The van der Waals surface area contributed by atoms with Gasteiger partial charge in [-0.3, -0.25) is 14.4 Å². The number of hydrogen-bond donors (Lipinski definition) is 1. The molecule has 0 aromatic heterocycles. The smallest absolute Gasteiger partial charge is 0.302 e. The third-order valence-corrected chi connectivity index (χ3v) is 13.2. The monoisotopic (exact) mass is 874 g/mol. The van der Waals surface area contributed by atoms with Gasteiger partial charge in [0.2, 0.25) is 20.0 Å². The number of aliphatic imine (C=N–C) groups is 1. The first-order chi connectivity index (χ1) is 27.5. The number of ether oxygens (including phenoxy) is 2. The van der Waals surface area contributed by atoms with Gasteiger partial charge in [-0.15, -0.1) is 0 Å². The molecule has 6 rings (SSSR count). The van der Waals surface area contributed by atoms with E-state index >= 15 is 0 Å². The van der Waals surface area contributed by atoms with Gasteiger partial charge in [-0.05, 0) is 86.3 Å². The minimum atomic E-state index is -3.91. The van der Waals surface area contributed by atoms with Crippen molar-refractivity contribution in [2.75, 3.05) is 31.5 Å². The quantitative estimate of drug-likeness (QED) is 0.127. The van der Waals surface area contributed by atoms with Crippen LogP contribution in [0, 0.1) is 11.6 Å². The summed E-state index contributed by atoms with van der Waals surface area (Å²) < 4.78 is 93.1. The summed E-state index contributed by atoms with van der Waals surface area (Å²) in [6.07, 6.45) is 0.948. The molecule has 0 bridgehead atoms. The molecule has 0 unspecified atom stereocenters. The number of benzene rings is 4. The number of carbonyl (C=O) groups is 3. The number of nitrogens with one attached hydrogen (secondary N) is 1. The molecule has 2 fully saturated rings. The number of esters is 2. The topological polar surface area (TPSA) is 169 Å². The first-order valence-corrected chi connectivity index (χ1v) is 21.4. The lowest BCUT2D eigenvalue weighted by Gasteiger charge is -2.30. The van der Waals surface area contributed by atoms with Crippen LogP contribution in [0.15, 0.2) is 112 Å². The van der Waals surface area contributed by atoms with Gasteiger partial charge in [-0.25, -0.2) is 30.6 Å². The summed E-state index contributed by atoms with van der Waals surface area (Å²) in [5.41, 5.74) is 0.548. The molecule has 2 aliphatic heterocycles. The van der Waals surface area contributed by atoms with Crippen LogP contribution in [0.5, 0.6) is 0 Å². The largest absolute Gasteiger partial charge is 0.462 e. The van der Waals surface area contributed by atoms with Crippen LogP contribution in [0.3, 0.4) is 0 Å². The number of piperidine rings is 2. The molecule has 2 heterocycles. The van der Waals surface area contributed by atoms with Gasteiger partial charge in [0, 0.05) is 51.3 Å². The van der Waals surface area contributed by atoms with Crippen molar-refractivity contribution in [3.8, 4) is 0 Å². The van der Waals surface area contributed by atoms with Gasteiger partial charge in [0.25, 0.3) is 5.91 Å². The number of rotatable bonds is 10. The molecule has 59 heavy (non-hydrogen) atoms. The molecule has 316 valence electrons. The number of hydrogen-bond acceptors (Lipinski definition) is 10. The first kappa shape index (κ1) is 46.6. The lowest BCUT2D eigenvalue weighted by Crippen LogP contribution is -2.41.